The van der Waals surface area contributed by atoms with Crippen LogP contribution in [0, 0.1) is 11.3 Å². The Morgan fingerprint density at radius 3 is 2.90 bits per heavy atom. The fourth-order valence-corrected chi connectivity index (χ4v) is 2.91. The van der Waals surface area contributed by atoms with Gasteiger partial charge in [0.1, 0.15) is 0 Å². The van der Waals surface area contributed by atoms with E-state index in [2.05, 4.69) is 17.2 Å². The SMILES string of the molecule is COc1cc(CNC(=O)C2(C(N)=S)CC(C)C2)ccn1. The van der Waals surface area contributed by atoms with E-state index in [1.54, 1.807) is 19.4 Å². The summed E-state index contributed by atoms with van der Waals surface area (Å²) >= 11 is 5.07. The van der Waals surface area contributed by atoms with Crippen molar-refractivity contribution in [3.8, 4) is 5.88 Å². The summed E-state index contributed by atoms with van der Waals surface area (Å²) in [6.07, 6.45) is 3.11. The summed E-state index contributed by atoms with van der Waals surface area (Å²) in [5.74, 6) is 0.931. The Labute approximate surface area is 123 Å². The van der Waals surface area contributed by atoms with Gasteiger partial charge in [0.15, 0.2) is 0 Å². The Bertz CT molecular complexity index is 527. The standard InChI is InChI=1S/C14H19N3O2S/c1-9-6-14(7-9,12(15)20)13(18)17-8-10-3-4-16-11(5-10)19-2/h3-5,9H,6-8H2,1-2H3,(H2,15,20)(H,17,18). The van der Waals surface area contributed by atoms with Crippen molar-refractivity contribution in [2.45, 2.75) is 26.3 Å². The highest BCUT2D eigenvalue weighted by Crippen LogP contribution is 2.45. The highest BCUT2D eigenvalue weighted by Gasteiger charge is 2.50. The van der Waals surface area contributed by atoms with Crippen LogP contribution in [-0.2, 0) is 11.3 Å². The summed E-state index contributed by atoms with van der Waals surface area (Å²) in [7, 11) is 1.56. The molecule has 3 N–H and O–H groups in total. The molecule has 0 bridgehead atoms. The fourth-order valence-electron chi connectivity index (χ4n) is 2.65. The average Bonchev–Trinajstić information content (AvgIpc) is 2.40. The predicted molar refractivity (Wildman–Crippen MR) is 80.3 cm³/mol. The minimum atomic E-state index is -0.661. The third kappa shape index (κ3) is 2.75. The van der Waals surface area contributed by atoms with Crippen LogP contribution in [0.4, 0.5) is 0 Å². The Morgan fingerprint density at radius 1 is 1.65 bits per heavy atom. The molecule has 6 heteroatoms. The highest BCUT2D eigenvalue weighted by molar-refractivity contribution is 7.80. The molecule has 0 spiro atoms. The van der Waals surface area contributed by atoms with Crippen molar-refractivity contribution in [1.82, 2.24) is 10.3 Å². The van der Waals surface area contributed by atoms with E-state index >= 15 is 0 Å². The van der Waals surface area contributed by atoms with Gasteiger partial charge in [-0.05, 0) is 30.4 Å². The number of hydrogen-bond acceptors (Lipinski definition) is 4. The molecule has 0 atom stereocenters. The number of nitrogens with one attached hydrogen (secondary N) is 1. The van der Waals surface area contributed by atoms with Gasteiger partial charge in [0.2, 0.25) is 11.8 Å². The van der Waals surface area contributed by atoms with E-state index in [0.717, 1.165) is 18.4 Å². The van der Waals surface area contributed by atoms with Crippen LogP contribution in [0.1, 0.15) is 25.3 Å². The Morgan fingerprint density at radius 2 is 2.35 bits per heavy atom. The third-order valence-electron chi connectivity index (χ3n) is 3.76. The molecule has 2 rings (SSSR count). The lowest BCUT2D eigenvalue weighted by Crippen LogP contribution is -2.55. The number of thiocarbonyl (C=S) groups is 1. The molecule has 5 nitrogen and oxygen atoms in total. The maximum absolute atomic E-state index is 12.3. The molecule has 1 fully saturated rings. The first-order valence-corrected chi connectivity index (χ1v) is 6.96. The van der Waals surface area contributed by atoms with E-state index < -0.39 is 5.41 Å². The Hall–Kier alpha value is -1.69. The topological polar surface area (TPSA) is 77.2 Å². The second-order valence-electron chi connectivity index (χ2n) is 5.35. The zero-order valence-electron chi connectivity index (χ0n) is 11.7. The number of amides is 1. The molecule has 108 valence electrons. The fraction of sp³-hybridized carbons (Fsp3) is 0.500. The number of methoxy groups -OCH3 is 1. The average molecular weight is 293 g/mol. The van der Waals surface area contributed by atoms with Gasteiger partial charge in [0, 0.05) is 18.8 Å². The third-order valence-corrected chi connectivity index (χ3v) is 4.15. The van der Waals surface area contributed by atoms with Gasteiger partial charge >= 0.3 is 0 Å². The minimum Gasteiger partial charge on any atom is -0.481 e. The van der Waals surface area contributed by atoms with Crippen molar-refractivity contribution in [1.29, 1.82) is 0 Å². The number of carbonyl (C=O) groups is 1. The molecule has 1 amide bonds. The van der Waals surface area contributed by atoms with Gasteiger partial charge < -0.3 is 15.8 Å². The smallest absolute Gasteiger partial charge is 0.233 e. The number of carbonyl (C=O) groups excluding carboxylic acids is 1. The summed E-state index contributed by atoms with van der Waals surface area (Å²) in [5, 5.41) is 2.91. The number of rotatable bonds is 5. The molecule has 0 aliphatic heterocycles. The molecule has 0 saturated heterocycles. The van der Waals surface area contributed by atoms with Gasteiger partial charge in [0.25, 0.3) is 0 Å². The van der Waals surface area contributed by atoms with Crippen LogP contribution >= 0.6 is 12.2 Å². The molecule has 1 saturated carbocycles. The maximum Gasteiger partial charge on any atom is 0.233 e. The van der Waals surface area contributed by atoms with Crippen LogP contribution in [0.2, 0.25) is 0 Å². The van der Waals surface area contributed by atoms with Crippen molar-refractivity contribution >= 4 is 23.1 Å². The highest BCUT2D eigenvalue weighted by atomic mass is 32.1. The molecule has 1 aromatic rings. The van der Waals surface area contributed by atoms with Gasteiger partial charge in [-0.1, -0.05) is 19.1 Å². The van der Waals surface area contributed by atoms with Gasteiger partial charge in [0.05, 0.1) is 17.5 Å². The monoisotopic (exact) mass is 293 g/mol. The van der Waals surface area contributed by atoms with Crippen LogP contribution in [0.5, 0.6) is 5.88 Å². The van der Waals surface area contributed by atoms with E-state index in [0.29, 0.717) is 23.3 Å². The number of aromatic nitrogens is 1. The van der Waals surface area contributed by atoms with Crippen molar-refractivity contribution in [3.63, 3.8) is 0 Å². The number of nitrogens with zero attached hydrogens (tertiary/aromatic N) is 1. The zero-order valence-corrected chi connectivity index (χ0v) is 12.5. The van der Waals surface area contributed by atoms with Gasteiger partial charge in [-0.15, -0.1) is 0 Å². The molecular formula is C14H19N3O2S. The summed E-state index contributed by atoms with van der Waals surface area (Å²) in [4.78, 5) is 16.7. The second-order valence-corrected chi connectivity index (χ2v) is 5.79. The largest absolute Gasteiger partial charge is 0.481 e. The lowest BCUT2D eigenvalue weighted by atomic mass is 9.62. The molecule has 1 aliphatic rings. The first-order valence-electron chi connectivity index (χ1n) is 6.55. The van der Waals surface area contributed by atoms with Gasteiger partial charge in [-0.25, -0.2) is 4.98 Å². The minimum absolute atomic E-state index is 0.0844. The van der Waals surface area contributed by atoms with Gasteiger partial charge in [-0.2, -0.15) is 0 Å². The molecule has 1 aliphatic carbocycles. The summed E-state index contributed by atoms with van der Waals surface area (Å²) in [5.41, 5.74) is 6.02. The van der Waals surface area contributed by atoms with Crippen LogP contribution in [0.3, 0.4) is 0 Å². The predicted octanol–water partition coefficient (Wildman–Crippen LogP) is 1.41. The number of pyridine rings is 1. The van der Waals surface area contributed by atoms with Gasteiger partial charge in [-0.3, -0.25) is 4.79 Å². The van der Waals surface area contributed by atoms with Crippen LogP contribution in [-0.4, -0.2) is 23.0 Å². The molecule has 1 heterocycles. The van der Waals surface area contributed by atoms with E-state index in [1.807, 2.05) is 6.07 Å². The van der Waals surface area contributed by atoms with Crippen molar-refractivity contribution < 1.29 is 9.53 Å². The van der Waals surface area contributed by atoms with Crippen LogP contribution in [0.25, 0.3) is 0 Å². The summed E-state index contributed by atoms with van der Waals surface area (Å²) < 4.78 is 5.05. The van der Waals surface area contributed by atoms with E-state index in [9.17, 15) is 4.79 Å². The van der Waals surface area contributed by atoms with Crippen molar-refractivity contribution in [2.24, 2.45) is 17.1 Å². The molecule has 20 heavy (non-hydrogen) atoms. The van der Waals surface area contributed by atoms with E-state index in [4.69, 9.17) is 22.7 Å². The first-order chi connectivity index (χ1) is 9.48. The first kappa shape index (κ1) is 14.7. The van der Waals surface area contributed by atoms with E-state index in [1.165, 1.54) is 0 Å². The summed E-state index contributed by atoms with van der Waals surface area (Å²) in [6, 6.07) is 3.62. The molecule has 0 unspecified atom stereocenters. The van der Waals surface area contributed by atoms with Crippen LogP contribution in [0.15, 0.2) is 18.3 Å². The zero-order chi connectivity index (χ0) is 14.8. The Kier molecular flexibility index (Phi) is 4.23. The van der Waals surface area contributed by atoms with Crippen molar-refractivity contribution in [2.75, 3.05) is 7.11 Å². The number of ether oxygens (including phenoxy) is 1. The van der Waals surface area contributed by atoms with Crippen molar-refractivity contribution in [3.05, 3.63) is 23.9 Å². The molecular weight excluding hydrogens is 274 g/mol. The molecule has 1 aromatic heterocycles. The normalized spacial score (nSPS) is 24.6. The lowest BCUT2D eigenvalue weighted by Gasteiger charge is -2.44. The van der Waals surface area contributed by atoms with Crippen LogP contribution < -0.4 is 15.8 Å². The number of hydrogen-bond donors (Lipinski definition) is 2. The quantitative estimate of drug-likeness (QED) is 0.803. The summed E-state index contributed by atoms with van der Waals surface area (Å²) in [6.45, 7) is 2.51. The molecule has 0 aromatic carbocycles. The number of nitrogens with two attached hydrogens (primary N) is 1. The van der Waals surface area contributed by atoms with E-state index in [-0.39, 0.29) is 5.91 Å². The Balaban J connectivity index is 1.99. The molecule has 0 radical (unpaired) electrons. The maximum atomic E-state index is 12.3. The lowest BCUT2D eigenvalue weighted by molar-refractivity contribution is -0.133. The second kappa shape index (κ2) is 5.75.